The van der Waals surface area contributed by atoms with Crippen LogP contribution in [0.3, 0.4) is 0 Å². The molecule has 2 N–H and O–H groups in total. The third-order valence-electron chi connectivity index (χ3n) is 3.43. The molecule has 1 aliphatic heterocycles. The molecule has 7 nitrogen and oxygen atoms in total. The largest absolute Gasteiger partial charge is 0.476 e. The predicted molar refractivity (Wildman–Crippen MR) is 75.3 cm³/mol. The first kappa shape index (κ1) is 15.3. The number of aromatic amines is 1. The number of hydrogen-bond acceptors (Lipinski definition) is 4. The van der Waals surface area contributed by atoms with Crippen LogP contribution in [0.25, 0.3) is 0 Å². The second-order valence-corrected chi connectivity index (χ2v) is 6.21. The minimum Gasteiger partial charge on any atom is -0.476 e. The van der Waals surface area contributed by atoms with E-state index in [-0.39, 0.29) is 17.7 Å². The SMILES string of the molecule is CC(C)(C)OC(=O)N1CCC(c2[nH]cnc2C(=O)O)CC1. The van der Waals surface area contributed by atoms with Crippen LogP contribution in [-0.2, 0) is 4.74 Å². The maximum atomic E-state index is 12.0. The lowest BCUT2D eigenvalue weighted by Crippen LogP contribution is -2.41. The molecule has 21 heavy (non-hydrogen) atoms. The van der Waals surface area contributed by atoms with E-state index >= 15 is 0 Å². The number of hydrogen-bond donors (Lipinski definition) is 2. The van der Waals surface area contributed by atoms with Crippen LogP contribution in [0.5, 0.6) is 0 Å². The number of nitrogens with one attached hydrogen (secondary N) is 1. The summed E-state index contributed by atoms with van der Waals surface area (Å²) in [5.74, 6) is -0.946. The number of likely N-dealkylation sites (tertiary alicyclic amines) is 1. The number of aromatic carboxylic acids is 1. The number of nitrogens with zero attached hydrogens (tertiary/aromatic N) is 2. The molecule has 0 bridgehead atoms. The van der Waals surface area contributed by atoms with E-state index in [9.17, 15) is 9.59 Å². The van der Waals surface area contributed by atoms with Crippen molar-refractivity contribution in [3.8, 4) is 0 Å². The van der Waals surface area contributed by atoms with E-state index in [4.69, 9.17) is 9.84 Å². The zero-order chi connectivity index (χ0) is 15.6. The third-order valence-corrected chi connectivity index (χ3v) is 3.43. The highest BCUT2D eigenvalue weighted by Crippen LogP contribution is 2.29. The van der Waals surface area contributed by atoms with Crippen molar-refractivity contribution in [2.75, 3.05) is 13.1 Å². The fourth-order valence-corrected chi connectivity index (χ4v) is 2.46. The van der Waals surface area contributed by atoms with Gasteiger partial charge in [0, 0.05) is 19.0 Å². The summed E-state index contributed by atoms with van der Waals surface area (Å²) >= 11 is 0. The summed E-state index contributed by atoms with van der Waals surface area (Å²) in [6.07, 6.45) is 2.48. The molecule has 7 heteroatoms. The summed E-state index contributed by atoms with van der Waals surface area (Å²) in [5, 5.41) is 9.09. The molecular formula is C14H21N3O4. The number of aromatic nitrogens is 2. The van der Waals surface area contributed by atoms with E-state index in [1.54, 1.807) is 4.90 Å². The van der Waals surface area contributed by atoms with Gasteiger partial charge in [0.05, 0.1) is 12.0 Å². The highest BCUT2D eigenvalue weighted by Gasteiger charge is 2.30. The van der Waals surface area contributed by atoms with Gasteiger partial charge in [-0.05, 0) is 33.6 Å². The van der Waals surface area contributed by atoms with Crippen LogP contribution in [0.15, 0.2) is 6.33 Å². The lowest BCUT2D eigenvalue weighted by Gasteiger charge is -2.33. The zero-order valence-corrected chi connectivity index (χ0v) is 12.5. The first-order valence-electron chi connectivity index (χ1n) is 7.02. The average Bonchev–Trinajstić information content (AvgIpc) is 2.86. The minimum atomic E-state index is -1.03. The monoisotopic (exact) mass is 295 g/mol. The third kappa shape index (κ3) is 3.74. The Bertz CT molecular complexity index is 525. The van der Waals surface area contributed by atoms with Crippen LogP contribution in [0.4, 0.5) is 4.79 Å². The first-order valence-corrected chi connectivity index (χ1v) is 7.02. The highest BCUT2D eigenvalue weighted by atomic mass is 16.6. The maximum Gasteiger partial charge on any atom is 0.410 e. The summed E-state index contributed by atoms with van der Waals surface area (Å²) in [6.45, 7) is 6.61. The number of H-pyrrole nitrogens is 1. The van der Waals surface area contributed by atoms with Crippen molar-refractivity contribution in [2.24, 2.45) is 0 Å². The fourth-order valence-electron chi connectivity index (χ4n) is 2.46. The molecule has 0 aliphatic carbocycles. The lowest BCUT2D eigenvalue weighted by atomic mass is 9.92. The van der Waals surface area contributed by atoms with Gasteiger partial charge in [0.1, 0.15) is 5.60 Å². The van der Waals surface area contributed by atoms with Crippen LogP contribution in [0.2, 0.25) is 0 Å². The quantitative estimate of drug-likeness (QED) is 0.872. The van der Waals surface area contributed by atoms with Gasteiger partial charge < -0.3 is 19.7 Å². The van der Waals surface area contributed by atoms with Crippen LogP contribution >= 0.6 is 0 Å². The second-order valence-electron chi connectivity index (χ2n) is 6.21. The van der Waals surface area contributed by atoms with Crippen LogP contribution < -0.4 is 0 Å². The number of carboxylic acids is 1. The van der Waals surface area contributed by atoms with Crippen molar-refractivity contribution < 1.29 is 19.4 Å². The van der Waals surface area contributed by atoms with Crippen molar-refractivity contribution in [1.82, 2.24) is 14.9 Å². The van der Waals surface area contributed by atoms with Crippen molar-refractivity contribution in [1.29, 1.82) is 0 Å². The molecular weight excluding hydrogens is 274 g/mol. The number of piperidine rings is 1. The maximum absolute atomic E-state index is 12.0. The van der Waals surface area contributed by atoms with E-state index in [0.29, 0.717) is 31.6 Å². The van der Waals surface area contributed by atoms with Gasteiger partial charge in [0.15, 0.2) is 5.69 Å². The Morgan fingerprint density at radius 2 is 2.00 bits per heavy atom. The van der Waals surface area contributed by atoms with Gasteiger partial charge in [-0.3, -0.25) is 0 Å². The Balaban J connectivity index is 1.96. The normalized spacial score (nSPS) is 16.8. The molecule has 2 rings (SSSR count). The van der Waals surface area contributed by atoms with Crippen molar-refractivity contribution in [3.05, 3.63) is 17.7 Å². The van der Waals surface area contributed by atoms with Crippen molar-refractivity contribution >= 4 is 12.1 Å². The van der Waals surface area contributed by atoms with Gasteiger partial charge in [-0.25, -0.2) is 14.6 Å². The molecule has 0 atom stereocenters. The van der Waals surface area contributed by atoms with Gasteiger partial charge in [-0.1, -0.05) is 0 Å². The molecule has 2 heterocycles. The van der Waals surface area contributed by atoms with E-state index in [1.165, 1.54) is 6.33 Å². The molecule has 1 aromatic heterocycles. The van der Waals surface area contributed by atoms with E-state index in [2.05, 4.69) is 9.97 Å². The molecule has 1 fully saturated rings. The van der Waals surface area contributed by atoms with E-state index < -0.39 is 11.6 Å². The van der Waals surface area contributed by atoms with Gasteiger partial charge >= 0.3 is 12.1 Å². The van der Waals surface area contributed by atoms with Gasteiger partial charge in [-0.15, -0.1) is 0 Å². The number of imidazole rings is 1. The number of carbonyl (C=O) groups excluding carboxylic acids is 1. The smallest absolute Gasteiger partial charge is 0.410 e. The number of ether oxygens (including phenoxy) is 1. The Morgan fingerprint density at radius 1 is 1.38 bits per heavy atom. The molecule has 1 saturated heterocycles. The molecule has 0 radical (unpaired) electrons. The fraction of sp³-hybridized carbons (Fsp3) is 0.643. The standard InChI is InChI=1S/C14H21N3O4/c1-14(2,3)21-13(20)17-6-4-9(5-7-17)10-11(12(18)19)16-8-15-10/h8-9H,4-7H2,1-3H3,(H,15,16)(H,18,19). The number of carbonyl (C=O) groups is 2. The van der Waals surface area contributed by atoms with Crippen molar-refractivity contribution in [2.45, 2.75) is 45.1 Å². The summed E-state index contributed by atoms with van der Waals surface area (Å²) in [5.41, 5.74) is 0.213. The number of carboxylic acid groups (broad SMARTS) is 1. The Morgan fingerprint density at radius 3 is 2.52 bits per heavy atom. The summed E-state index contributed by atoms with van der Waals surface area (Å²) < 4.78 is 5.34. The Kier molecular flexibility index (Phi) is 4.20. The molecule has 0 saturated carbocycles. The van der Waals surface area contributed by atoms with E-state index in [0.717, 1.165) is 0 Å². The Hall–Kier alpha value is -2.05. The second kappa shape index (κ2) is 5.75. The van der Waals surface area contributed by atoms with Gasteiger partial charge in [0.2, 0.25) is 0 Å². The molecule has 1 amide bonds. The molecule has 116 valence electrons. The first-order chi connectivity index (χ1) is 9.78. The molecule has 0 spiro atoms. The van der Waals surface area contributed by atoms with Crippen LogP contribution in [0.1, 0.15) is 55.7 Å². The topological polar surface area (TPSA) is 95.5 Å². The lowest BCUT2D eigenvalue weighted by molar-refractivity contribution is 0.0203. The predicted octanol–water partition coefficient (Wildman–Crippen LogP) is 2.22. The molecule has 1 aromatic rings. The van der Waals surface area contributed by atoms with E-state index in [1.807, 2.05) is 20.8 Å². The molecule has 1 aliphatic rings. The molecule has 0 aromatic carbocycles. The van der Waals surface area contributed by atoms with Crippen LogP contribution in [0, 0.1) is 0 Å². The van der Waals surface area contributed by atoms with Gasteiger partial charge in [0.25, 0.3) is 0 Å². The average molecular weight is 295 g/mol. The summed E-state index contributed by atoms with van der Waals surface area (Å²) in [7, 11) is 0. The molecule has 0 unspecified atom stereocenters. The zero-order valence-electron chi connectivity index (χ0n) is 12.5. The van der Waals surface area contributed by atoms with Gasteiger partial charge in [-0.2, -0.15) is 0 Å². The summed E-state index contributed by atoms with van der Waals surface area (Å²) in [6, 6.07) is 0. The highest BCUT2D eigenvalue weighted by molar-refractivity contribution is 5.86. The number of rotatable bonds is 2. The summed E-state index contributed by atoms with van der Waals surface area (Å²) in [4.78, 5) is 31.5. The number of amides is 1. The minimum absolute atomic E-state index is 0.0747. The van der Waals surface area contributed by atoms with Crippen LogP contribution in [-0.4, -0.2) is 50.7 Å². The van der Waals surface area contributed by atoms with Crippen molar-refractivity contribution in [3.63, 3.8) is 0 Å². The Labute approximate surface area is 123 Å².